The minimum Gasteiger partial charge on any atom is -0.354 e. The molecule has 176 valence electrons. The van der Waals surface area contributed by atoms with Crippen LogP contribution < -0.4 is 10.2 Å². The van der Waals surface area contributed by atoms with Crippen LogP contribution in [0.5, 0.6) is 0 Å². The highest BCUT2D eigenvalue weighted by atomic mass is 35.5. The summed E-state index contributed by atoms with van der Waals surface area (Å²) in [6, 6.07) is 8.55. The minimum atomic E-state index is -3.55. The Balaban J connectivity index is 1.41. The van der Waals surface area contributed by atoms with E-state index in [9.17, 15) is 13.2 Å². The number of amides is 1. The maximum absolute atomic E-state index is 13.1. The monoisotopic (exact) mass is 490 g/mol. The Morgan fingerprint density at radius 3 is 2.88 bits per heavy atom. The maximum Gasteiger partial charge on any atom is 0.252 e. The summed E-state index contributed by atoms with van der Waals surface area (Å²) in [4.78, 5) is 26.1. The first-order valence-corrected chi connectivity index (χ1v) is 12.8. The summed E-state index contributed by atoms with van der Waals surface area (Å²) < 4.78 is 27.6. The number of fused-ring (bicyclic) bond motifs is 1. The lowest BCUT2D eigenvalue weighted by atomic mass is 9.93. The van der Waals surface area contributed by atoms with Crippen molar-refractivity contribution < 1.29 is 13.2 Å². The van der Waals surface area contributed by atoms with E-state index in [4.69, 9.17) is 11.6 Å². The number of piperidine rings is 1. The van der Waals surface area contributed by atoms with Gasteiger partial charge in [-0.15, -0.1) is 0 Å². The summed E-state index contributed by atoms with van der Waals surface area (Å²) in [6.45, 7) is 2.95. The third kappa shape index (κ3) is 4.97. The third-order valence-electron chi connectivity index (χ3n) is 6.20. The van der Waals surface area contributed by atoms with Gasteiger partial charge in [0, 0.05) is 38.9 Å². The number of rotatable bonds is 7. The molecule has 1 amide bonds. The average Bonchev–Trinajstić information content (AvgIpc) is 3.28. The number of anilines is 1. The van der Waals surface area contributed by atoms with Gasteiger partial charge in [-0.2, -0.15) is 4.31 Å². The lowest BCUT2D eigenvalue weighted by molar-refractivity contribution is 0.0956. The van der Waals surface area contributed by atoms with Gasteiger partial charge in [-0.3, -0.25) is 4.79 Å². The molecular formula is C22H27ClN6O3S. The average molecular weight is 491 g/mol. The van der Waals surface area contributed by atoms with Crippen molar-refractivity contribution in [2.24, 2.45) is 5.92 Å². The van der Waals surface area contributed by atoms with Crippen LogP contribution in [0.15, 0.2) is 42.9 Å². The van der Waals surface area contributed by atoms with Crippen LogP contribution in [0.4, 0.5) is 5.82 Å². The van der Waals surface area contributed by atoms with Crippen LogP contribution in [-0.4, -0.2) is 72.1 Å². The van der Waals surface area contributed by atoms with Gasteiger partial charge in [0.1, 0.15) is 17.8 Å². The van der Waals surface area contributed by atoms with Crippen molar-refractivity contribution in [1.29, 1.82) is 0 Å². The molecule has 1 aliphatic rings. The predicted molar refractivity (Wildman–Crippen MR) is 129 cm³/mol. The highest BCUT2D eigenvalue weighted by Gasteiger charge is 2.35. The number of H-pyrrole nitrogens is 1. The van der Waals surface area contributed by atoms with Gasteiger partial charge < -0.3 is 15.2 Å². The first kappa shape index (κ1) is 23.5. The second-order valence-corrected chi connectivity index (χ2v) is 10.8. The van der Waals surface area contributed by atoms with Gasteiger partial charge in [-0.25, -0.2) is 18.4 Å². The summed E-state index contributed by atoms with van der Waals surface area (Å²) in [5.74, 6) is 0.485. The maximum atomic E-state index is 13.1. The number of aromatic nitrogens is 3. The standard InChI is InChI=1S/C22H27ClN6O3S/c1-15-8-11-29(13-19(15)28(2)21-17-7-9-24-20(17)26-14-27-21)33(31,32)12-10-25-22(30)16-5-3-4-6-18(16)23/h3-7,9,14-15,19H,8,10-13H2,1-2H3,(H,25,30)(H,24,26,27). The van der Waals surface area contributed by atoms with Crippen LogP contribution in [0.3, 0.4) is 0 Å². The number of sulfonamides is 1. The summed E-state index contributed by atoms with van der Waals surface area (Å²) in [5.41, 5.74) is 1.07. The number of halogens is 1. The summed E-state index contributed by atoms with van der Waals surface area (Å²) >= 11 is 6.05. The van der Waals surface area contributed by atoms with Gasteiger partial charge in [-0.05, 0) is 30.5 Å². The van der Waals surface area contributed by atoms with Crippen LogP contribution in [0.1, 0.15) is 23.7 Å². The van der Waals surface area contributed by atoms with E-state index in [0.717, 1.165) is 23.3 Å². The van der Waals surface area contributed by atoms with E-state index in [-0.39, 0.29) is 30.2 Å². The minimum absolute atomic E-state index is 0.00876. The van der Waals surface area contributed by atoms with Crippen molar-refractivity contribution in [3.8, 4) is 0 Å². The molecule has 2 atom stereocenters. The van der Waals surface area contributed by atoms with Gasteiger partial charge in [0.25, 0.3) is 5.91 Å². The number of benzene rings is 1. The molecule has 1 saturated heterocycles. The lowest BCUT2D eigenvalue weighted by Gasteiger charge is -2.41. The molecule has 2 aromatic heterocycles. The summed E-state index contributed by atoms with van der Waals surface area (Å²) in [5, 5.41) is 3.89. The van der Waals surface area contributed by atoms with Crippen molar-refractivity contribution in [3.05, 3.63) is 53.4 Å². The molecule has 0 aliphatic carbocycles. The van der Waals surface area contributed by atoms with Crippen LogP contribution in [0.2, 0.25) is 5.02 Å². The zero-order valence-corrected chi connectivity index (χ0v) is 20.1. The van der Waals surface area contributed by atoms with E-state index >= 15 is 0 Å². The topological polar surface area (TPSA) is 111 Å². The Bertz CT molecular complexity index is 1250. The van der Waals surface area contributed by atoms with Crippen molar-refractivity contribution in [1.82, 2.24) is 24.6 Å². The van der Waals surface area contributed by atoms with Crippen molar-refractivity contribution >= 4 is 44.4 Å². The number of carbonyl (C=O) groups is 1. The molecule has 4 rings (SSSR count). The van der Waals surface area contributed by atoms with E-state index in [0.29, 0.717) is 23.7 Å². The Morgan fingerprint density at radius 1 is 1.30 bits per heavy atom. The van der Waals surface area contributed by atoms with Gasteiger partial charge in [-0.1, -0.05) is 30.7 Å². The second-order valence-electron chi connectivity index (χ2n) is 8.29. The quantitative estimate of drug-likeness (QED) is 0.526. The molecule has 1 aromatic carbocycles. The number of likely N-dealkylation sites (N-methyl/N-ethyl adjacent to an activating group) is 1. The lowest BCUT2D eigenvalue weighted by Crippen LogP contribution is -2.53. The third-order valence-corrected chi connectivity index (χ3v) is 8.37. The zero-order valence-electron chi connectivity index (χ0n) is 18.5. The number of nitrogens with one attached hydrogen (secondary N) is 2. The van der Waals surface area contributed by atoms with Gasteiger partial charge in [0.15, 0.2) is 0 Å². The van der Waals surface area contributed by atoms with Crippen molar-refractivity contribution in [3.63, 3.8) is 0 Å². The summed E-state index contributed by atoms with van der Waals surface area (Å²) in [6.07, 6.45) is 4.06. The predicted octanol–water partition coefficient (Wildman–Crippen LogP) is 2.52. The molecule has 0 radical (unpaired) electrons. The molecule has 0 saturated carbocycles. The number of aromatic amines is 1. The van der Waals surface area contributed by atoms with E-state index in [1.54, 1.807) is 24.3 Å². The molecule has 9 nitrogen and oxygen atoms in total. The normalized spacial score (nSPS) is 19.5. The molecule has 2 unspecified atom stereocenters. The highest BCUT2D eigenvalue weighted by molar-refractivity contribution is 7.89. The van der Waals surface area contributed by atoms with Crippen LogP contribution in [-0.2, 0) is 10.0 Å². The summed E-state index contributed by atoms with van der Waals surface area (Å²) in [7, 11) is -1.61. The number of hydrogen-bond donors (Lipinski definition) is 2. The highest BCUT2D eigenvalue weighted by Crippen LogP contribution is 2.29. The van der Waals surface area contributed by atoms with Crippen molar-refractivity contribution in [2.75, 3.05) is 37.3 Å². The number of hydrogen-bond acceptors (Lipinski definition) is 6. The van der Waals surface area contributed by atoms with Crippen LogP contribution in [0.25, 0.3) is 11.0 Å². The molecule has 3 aromatic rings. The van der Waals surface area contributed by atoms with Gasteiger partial charge >= 0.3 is 0 Å². The Kier molecular flexibility index (Phi) is 6.87. The molecule has 33 heavy (non-hydrogen) atoms. The molecule has 11 heteroatoms. The van der Waals surface area contributed by atoms with E-state index in [2.05, 4.69) is 27.2 Å². The fraction of sp³-hybridized carbons (Fsp3) is 0.409. The molecule has 0 bridgehead atoms. The smallest absolute Gasteiger partial charge is 0.252 e. The Hall–Kier alpha value is -2.69. The molecule has 3 heterocycles. The van der Waals surface area contributed by atoms with E-state index in [1.807, 2.05) is 24.2 Å². The SMILES string of the molecule is CC1CCN(S(=O)(=O)CCNC(=O)c2ccccc2Cl)CC1N(C)c1ncnc2[nH]ccc12. The molecule has 2 N–H and O–H groups in total. The van der Waals surface area contributed by atoms with Crippen LogP contribution in [0, 0.1) is 5.92 Å². The van der Waals surface area contributed by atoms with E-state index < -0.39 is 10.0 Å². The number of carbonyl (C=O) groups excluding carboxylic acids is 1. The fourth-order valence-corrected chi connectivity index (χ4v) is 5.84. The van der Waals surface area contributed by atoms with Gasteiger partial charge in [0.2, 0.25) is 10.0 Å². The Labute approximate surface area is 198 Å². The van der Waals surface area contributed by atoms with Gasteiger partial charge in [0.05, 0.1) is 21.7 Å². The molecular weight excluding hydrogens is 464 g/mol. The second kappa shape index (κ2) is 9.66. The first-order valence-electron chi connectivity index (χ1n) is 10.8. The first-order chi connectivity index (χ1) is 15.8. The largest absolute Gasteiger partial charge is 0.354 e. The molecule has 0 spiro atoms. The van der Waals surface area contributed by atoms with E-state index in [1.165, 1.54) is 10.6 Å². The molecule has 1 fully saturated rings. The van der Waals surface area contributed by atoms with Crippen LogP contribution >= 0.6 is 11.6 Å². The molecule has 1 aliphatic heterocycles. The Morgan fingerprint density at radius 2 is 2.09 bits per heavy atom. The number of nitrogens with zero attached hydrogens (tertiary/aromatic N) is 4. The van der Waals surface area contributed by atoms with Crippen molar-refractivity contribution in [2.45, 2.75) is 19.4 Å². The fourth-order valence-electron chi connectivity index (χ4n) is 4.24. The zero-order chi connectivity index (χ0) is 23.6.